The Morgan fingerprint density at radius 3 is 2.08 bits per heavy atom. The van der Waals surface area contributed by atoms with E-state index in [1.807, 2.05) is 32.5 Å². The minimum Gasteiger partial charge on any atom is -0.376 e. The molecule has 4 heteroatoms. The van der Waals surface area contributed by atoms with Crippen molar-refractivity contribution in [2.24, 2.45) is 11.3 Å². The number of thioether (sulfide) groups is 1. The van der Waals surface area contributed by atoms with Crippen LogP contribution in [0.1, 0.15) is 81.1 Å². The van der Waals surface area contributed by atoms with E-state index in [1.54, 1.807) is 0 Å². The monoisotopic (exact) mass is 387 g/mol. The number of Topliss-reactive ketones (excluding diaryl/α,β-unsaturated/α-hetero) is 1. The van der Waals surface area contributed by atoms with Crippen LogP contribution in [0.3, 0.4) is 0 Å². The molecule has 0 spiro atoms. The SMILES string of the molecule is CCC(CCC(CCSCCN(CC)CC)OC(C)C)C(=O)C(C)(C)C. The minimum atomic E-state index is -0.241. The van der Waals surface area contributed by atoms with Gasteiger partial charge in [0.15, 0.2) is 0 Å². The molecule has 0 rings (SSSR count). The average molecular weight is 388 g/mol. The molecule has 0 aromatic rings. The maximum atomic E-state index is 12.6. The van der Waals surface area contributed by atoms with Gasteiger partial charge in [0.2, 0.25) is 0 Å². The smallest absolute Gasteiger partial charge is 0.141 e. The van der Waals surface area contributed by atoms with Gasteiger partial charge >= 0.3 is 0 Å². The van der Waals surface area contributed by atoms with Gasteiger partial charge in [0.1, 0.15) is 5.78 Å². The summed E-state index contributed by atoms with van der Waals surface area (Å²) < 4.78 is 6.15. The van der Waals surface area contributed by atoms with E-state index in [4.69, 9.17) is 4.74 Å². The molecule has 0 aromatic heterocycles. The summed E-state index contributed by atoms with van der Waals surface area (Å²) in [7, 11) is 0. The molecule has 156 valence electrons. The number of ether oxygens (including phenoxy) is 1. The van der Waals surface area contributed by atoms with Gasteiger partial charge in [-0.2, -0.15) is 11.8 Å². The highest BCUT2D eigenvalue weighted by molar-refractivity contribution is 7.99. The lowest BCUT2D eigenvalue weighted by Gasteiger charge is -2.26. The van der Waals surface area contributed by atoms with Crippen LogP contribution in [-0.2, 0) is 9.53 Å². The molecule has 0 saturated heterocycles. The van der Waals surface area contributed by atoms with E-state index in [9.17, 15) is 4.79 Å². The van der Waals surface area contributed by atoms with E-state index in [0.29, 0.717) is 5.78 Å². The third-order valence-corrected chi connectivity index (χ3v) is 5.93. The van der Waals surface area contributed by atoms with Gasteiger partial charge in [0.25, 0.3) is 0 Å². The van der Waals surface area contributed by atoms with Gasteiger partial charge in [0, 0.05) is 23.6 Å². The molecule has 0 aromatic carbocycles. The van der Waals surface area contributed by atoms with Gasteiger partial charge in [-0.05, 0) is 58.4 Å². The number of hydrogen-bond acceptors (Lipinski definition) is 4. The standard InChI is InChI=1S/C22H45NO2S/c1-9-19(21(24)22(6,7)8)12-13-20(25-18(4)5)14-16-26-17-15-23(10-2)11-3/h18-20H,9-17H2,1-8H3. The topological polar surface area (TPSA) is 29.5 Å². The summed E-state index contributed by atoms with van der Waals surface area (Å²) in [5.74, 6) is 2.90. The van der Waals surface area contributed by atoms with Crippen LogP contribution in [-0.4, -0.2) is 54.0 Å². The molecule has 3 nitrogen and oxygen atoms in total. The quantitative estimate of drug-likeness (QED) is 0.339. The van der Waals surface area contributed by atoms with E-state index < -0.39 is 0 Å². The fraction of sp³-hybridized carbons (Fsp3) is 0.955. The van der Waals surface area contributed by atoms with Crippen LogP contribution in [0.4, 0.5) is 0 Å². The molecule has 26 heavy (non-hydrogen) atoms. The van der Waals surface area contributed by atoms with Crippen LogP contribution in [0.2, 0.25) is 0 Å². The van der Waals surface area contributed by atoms with Crippen molar-refractivity contribution in [2.45, 2.75) is 93.3 Å². The molecule has 0 amide bonds. The van der Waals surface area contributed by atoms with Gasteiger partial charge < -0.3 is 9.64 Å². The largest absolute Gasteiger partial charge is 0.376 e. The molecular weight excluding hydrogens is 342 g/mol. The van der Waals surface area contributed by atoms with Crippen molar-refractivity contribution >= 4 is 17.5 Å². The highest BCUT2D eigenvalue weighted by atomic mass is 32.2. The number of carbonyl (C=O) groups is 1. The van der Waals surface area contributed by atoms with Crippen molar-refractivity contribution in [1.82, 2.24) is 4.90 Å². The molecule has 0 aliphatic rings. The highest BCUT2D eigenvalue weighted by Gasteiger charge is 2.28. The van der Waals surface area contributed by atoms with Crippen molar-refractivity contribution in [3.8, 4) is 0 Å². The first kappa shape index (κ1) is 25.9. The van der Waals surface area contributed by atoms with Crippen molar-refractivity contribution in [1.29, 1.82) is 0 Å². The normalized spacial score (nSPS) is 14.8. The Labute approximate surface area is 168 Å². The maximum absolute atomic E-state index is 12.6. The van der Waals surface area contributed by atoms with E-state index in [2.05, 4.69) is 39.5 Å². The van der Waals surface area contributed by atoms with E-state index in [1.165, 1.54) is 12.3 Å². The zero-order valence-corrected chi connectivity index (χ0v) is 19.6. The zero-order chi connectivity index (χ0) is 20.2. The second-order valence-corrected chi connectivity index (χ2v) is 9.76. The Bertz CT molecular complexity index is 362. The van der Waals surface area contributed by atoms with Crippen LogP contribution in [0.15, 0.2) is 0 Å². The van der Waals surface area contributed by atoms with Gasteiger partial charge in [-0.3, -0.25) is 4.79 Å². The number of hydrogen-bond donors (Lipinski definition) is 0. The Kier molecular flexibility index (Phi) is 14.0. The van der Waals surface area contributed by atoms with Crippen LogP contribution in [0.25, 0.3) is 0 Å². The summed E-state index contributed by atoms with van der Waals surface area (Å²) in [6.07, 6.45) is 4.49. The number of carbonyl (C=O) groups excluding carboxylic acids is 1. The molecule has 0 heterocycles. The van der Waals surface area contributed by atoms with Crippen molar-refractivity contribution in [3.63, 3.8) is 0 Å². The first-order chi connectivity index (χ1) is 12.1. The second kappa shape index (κ2) is 14.0. The van der Waals surface area contributed by atoms with Gasteiger partial charge in [-0.1, -0.05) is 41.5 Å². The molecule has 0 aliphatic heterocycles. The van der Waals surface area contributed by atoms with Crippen LogP contribution < -0.4 is 0 Å². The molecule has 2 unspecified atom stereocenters. The number of ketones is 1. The fourth-order valence-electron chi connectivity index (χ4n) is 3.24. The molecule has 0 bridgehead atoms. The molecule has 0 saturated carbocycles. The summed E-state index contributed by atoms with van der Waals surface area (Å²) in [6, 6.07) is 0. The molecule has 0 N–H and O–H groups in total. The molecule has 0 fully saturated rings. The number of rotatable bonds is 15. The third kappa shape index (κ3) is 11.6. The van der Waals surface area contributed by atoms with Gasteiger partial charge in [0.05, 0.1) is 12.2 Å². The van der Waals surface area contributed by atoms with E-state index in [0.717, 1.165) is 44.5 Å². The Hall–Kier alpha value is -0.0600. The Morgan fingerprint density at radius 1 is 1.00 bits per heavy atom. The first-order valence-electron chi connectivity index (χ1n) is 10.6. The highest BCUT2D eigenvalue weighted by Crippen LogP contribution is 2.27. The predicted octanol–water partition coefficient (Wildman–Crippen LogP) is 5.67. The van der Waals surface area contributed by atoms with Crippen LogP contribution in [0.5, 0.6) is 0 Å². The van der Waals surface area contributed by atoms with Crippen molar-refractivity contribution in [2.75, 3.05) is 31.1 Å². The molecule has 0 aliphatic carbocycles. The lowest BCUT2D eigenvalue weighted by Crippen LogP contribution is -2.29. The van der Waals surface area contributed by atoms with Gasteiger partial charge in [-0.25, -0.2) is 0 Å². The minimum absolute atomic E-state index is 0.170. The lowest BCUT2D eigenvalue weighted by molar-refractivity contribution is -0.131. The summed E-state index contributed by atoms with van der Waals surface area (Å²) >= 11 is 2.03. The Morgan fingerprint density at radius 2 is 1.62 bits per heavy atom. The average Bonchev–Trinajstić information content (AvgIpc) is 2.56. The second-order valence-electron chi connectivity index (χ2n) is 8.53. The fourth-order valence-corrected chi connectivity index (χ4v) is 4.26. The van der Waals surface area contributed by atoms with Crippen LogP contribution >= 0.6 is 11.8 Å². The predicted molar refractivity (Wildman–Crippen MR) is 117 cm³/mol. The number of nitrogens with zero attached hydrogens (tertiary/aromatic N) is 1. The van der Waals surface area contributed by atoms with Crippen LogP contribution in [0, 0.1) is 11.3 Å². The molecule has 0 radical (unpaired) electrons. The first-order valence-corrected chi connectivity index (χ1v) is 11.8. The summed E-state index contributed by atoms with van der Waals surface area (Å²) in [6.45, 7) is 20.4. The van der Waals surface area contributed by atoms with Gasteiger partial charge in [-0.15, -0.1) is 0 Å². The van der Waals surface area contributed by atoms with Crippen molar-refractivity contribution < 1.29 is 9.53 Å². The Balaban J connectivity index is 4.37. The third-order valence-electron chi connectivity index (χ3n) is 4.93. The van der Waals surface area contributed by atoms with E-state index >= 15 is 0 Å². The summed E-state index contributed by atoms with van der Waals surface area (Å²) in [5, 5.41) is 0. The maximum Gasteiger partial charge on any atom is 0.141 e. The zero-order valence-electron chi connectivity index (χ0n) is 18.8. The van der Waals surface area contributed by atoms with E-state index in [-0.39, 0.29) is 23.5 Å². The molecule has 2 atom stereocenters. The lowest BCUT2D eigenvalue weighted by atomic mass is 9.79. The van der Waals surface area contributed by atoms with Crippen molar-refractivity contribution in [3.05, 3.63) is 0 Å². The summed E-state index contributed by atoms with van der Waals surface area (Å²) in [4.78, 5) is 15.1. The summed E-state index contributed by atoms with van der Waals surface area (Å²) in [5.41, 5.74) is -0.241. The molecular formula is C22H45NO2S.